The summed E-state index contributed by atoms with van der Waals surface area (Å²) < 4.78 is 3.30. The van der Waals surface area contributed by atoms with Crippen LogP contribution in [0.4, 0.5) is 0 Å². The van der Waals surface area contributed by atoms with E-state index in [4.69, 9.17) is 5.73 Å². The minimum atomic E-state index is 0.581. The molecule has 1 aromatic heterocycles. The van der Waals surface area contributed by atoms with Crippen LogP contribution in [-0.4, -0.2) is 16.3 Å². The maximum Gasteiger partial charge on any atom is 0.0766 e. The number of rotatable bonds is 6. The van der Waals surface area contributed by atoms with E-state index in [9.17, 15) is 0 Å². The van der Waals surface area contributed by atoms with E-state index in [1.165, 1.54) is 10.2 Å². The first-order valence-electron chi connectivity index (χ1n) is 6.08. The minimum Gasteiger partial charge on any atom is -0.330 e. The molecular formula is C12H22BrN3. The van der Waals surface area contributed by atoms with Crippen LogP contribution in [0.25, 0.3) is 0 Å². The Kier molecular flexibility index (Phi) is 5.49. The third-order valence-electron chi connectivity index (χ3n) is 2.97. The zero-order chi connectivity index (χ0) is 12.1. The summed E-state index contributed by atoms with van der Waals surface area (Å²) in [6.07, 6.45) is 3.16. The standard InChI is InChI=1S/C12H22BrN3/c1-4-10-12(13)11(16(5-2)15-10)7-6-9(3)8-14/h9H,4-8,14H2,1-3H3. The van der Waals surface area contributed by atoms with Gasteiger partial charge in [-0.1, -0.05) is 13.8 Å². The maximum absolute atomic E-state index is 5.64. The second-order valence-corrected chi connectivity index (χ2v) is 5.05. The van der Waals surface area contributed by atoms with E-state index < -0.39 is 0 Å². The highest BCUT2D eigenvalue weighted by Crippen LogP contribution is 2.24. The fourth-order valence-corrected chi connectivity index (χ4v) is 2.52. The fraction of sp³-hybridized carbons (Fsp3) is 0.750. The van der Waals surface area contributed by atoms with Gasteiger partial charge in [-0.25, -0.2) is 0 Å². The van der Waals surface area contributed by atoms with Crippen molar-refractivity contribution in [2.45, 2.75) is 46.6 Å². The smallest absolute Gasteiger partial charge is 0.0766 e. The van der Waals surface area contributed by atoms with Crippen LogP contribution < -0.4 is 5.73 Å². The van der Waals surface area contributed by atoms with Crippen molar-refractivity contribution in [1.82, 2.24) is 9.78 Å². The average Bonchev–Trinajstić information content (AvgIpc) is 2.62. The van der Waals surface area contributed by atoms with Gasteiger partial charge in [0.25, 0.3) is 0 Å². The second kappa shape index (κ2) is 6.40. The molecule has 0 aliphatic carbocycles. The molecule has 2 N–H and O–H groups in total. The van der Waals surface area contributed by atoms with Gasteiger partial charge in [-0.3, -0.25) is 4.68 Å². The van der Waals surface area contributed by atoms with Crippen molar-refractivity contribution in [2.75, 3.05) is 6.54 Å². The van der Waals surface area contributed by atoms with E-state index in [-0.39, 0.29) is 0 Å². The van der Waals surface area contributed by atoms with Gasteiger partial charge in [-0.2, -0.15) is 5.10 Å². The monoisotopic (exact) mass is 287 g/mol. The Morgan fingerprint density at radius 3 is 2.62 bits per heavy atom. The van der Waals surface area contributed by atoms with Crippen molar-refractivity contribution >= 4 is 15.9 Å². The summed E-state index contributed by atoms with van der Waals surface area (Å²) in [6, 6.07) is 0. The van der Waals surface area contributed by atoms with Gasteiger partial charge in [0.05, 0.1) is 15.9 Å². The van der Waals surface area contributed by atoms with Gasteiger partial charge in [-0.15, -0.1) is 0 Å². The van der Waals surface area contributed by atoms with Crippen LogP contribution in [0.5, 0.6) is 0 Å². The largest absolute Gasteiger partial charge is 0.330 e. The molecule has 0 aliphatic heterocycles. The van der Waals surface area contributed by atoms with Crippen molar-refractivity contribution in [3.63, 3.8) is 0 Å². The third kappa shape index (κ3) is 3.08. The highest BCUT2D eigenvalue weighted by atomic mass is 79.9. The van der Waals surface area contributed by atoms with Gasteiger partial charge >= 0.3 is 0 Å². The summed E-state index contributed by atoms with van der Waals surface area (Å²) in [7, 11) is 0. The van der Waals surface area contributed by atoms with Crippen LogP contribution in [0.1, 0.15) is 38.6 Å². The zero-order valence-corrected chi connectivity index (χ0v) is 12.0. The van der Waals surface area contributed by atoms with Gasteiger partial charge in [0.15, 0.2) is 0 Å². The summed E-state index contributed by atoms with van der Waals surface area (Å²) in [5, 5.41) is 4.59. The van der Waals surface area contributed by atoms with Crippen molar-refractivity contribution in [3.8, 4) is 0 Å². The van der Waals surface area contributed by atoms with Gasteiger partial charge in [0.2, 0.25) is 0 Å². The number of hydrogen-bond acceptors (Lipinski definition) is 2. The van der Waals surface area contributed by atoms with Crippen LogP contribution in [0.2, 0.25) is 0 Å². The molecule has 92 valence electrons. The van der Waals surface area contributed by atoms with Crippen molar-refractivity contribution in [1.29, 1.82) is 0 Å². The van der Waals surface area contributed by atoms with Gasteiger partial charge < -0.3 is 5.73 Å². The summed E-state index contributed by atoms with van der Waals surface area (Å²) in [5.74, 6) is 0.581. The lowest BCUT2D eigenvalue weighted by molar-refractivity contribution is 0.519. The van der Waals surface area contributed by atoms with Gasteiger partial charge in [-0.05, 0) is 54.6 Å². The Hall–Kier alpha value is -0.350. The zero-order valence-electron chi connectivity index (χ0n) is 10.5. The molecule has 0 spiro atoms. The number of aromatic nitrogens is 2. The molecule has 0 saturated carbocycles. The first kappa shape index (κ1) is 13.7. The SMILES string of the molecule is CCc1nn(CC)c(CCC(C)CN)c1Br. The molecule has 0 saturated heterocycles. The molecule has 0 fully saturated rings. The summed E-state index contributed by atoms with van der Waals surface area (Å²) in [5.41, 5.74) is 8.13. The molecule has 0 bridgehead atoms. The van der Waals surface area contributed by atoms with Crippen molar-refractivity contribution in [2.24, 2.45) is 11.7 Å². The molecule has 0 amide bonds. The Morgan fingerprint density at radius 2 is 2.12 bits per heavy atom. The Balaban J connectivity index is 2.80. The minimum absolute atomic E-state index is 0.581. The lowest BCUT2D eigenvalue weighted by Gasteiger charge is -2.09. The summed E-state index contributed by atoms with van der Waals surface area (Å²) in [6.45, 7) is 8.17. The number of hydrogen-bond donors (Lipinski definition) is 1. The first-order chi connectivity index (χ1) is 7.63. The Morgan fingerprint density at radius 1 is 1.44 bits per heavy atom. The van der Waals surface area contributed by atoms with E-state index in [0.717, 1.165) is 38.0 Å². The van der Waals surface area contributed by atoms with E-state index in [0.29, 0.717) is 5.92 Å². The summed E-state index contributed by atoms with van der Waals surface area (Å²) in [4.78, 5) is 0. The van der Waals surface area contributed by atoms with Crippen molar-refractivity contribution in [3.05, 3.63) is 15.9 Å². The molecular weight excluding hydrogens is 266 g/mol. The molecule has 1 rings (SSSR count). The number of aryl methyl sites for hydroxylation is 2. The molecule has 1 atom stereocenters. The van der Waals surface area contributed by atoms with Crippen LogP contribution in [-0.2, 0) is 19.4 Å². The predicted molar refractivity (Wildman–Crippen MR) is 71.5 cm³/mol. The topological polar surface area (TPSA) is 43.8 Å². The summed E-state index contributed by atoms with van der Waals surface area (Å²) >= 11 is 3.66. The van der Waals surface area contributed by atoms with Crippen LogP contribution in [0, 0.1) is 5.92 Å². The van der Waals surface area contributed by atoms with Crippen LogP contribution >= 0.6 is 15.9 Å². The average molecular weight is 288 g/mol. The van der Waals surface area contributed by atoms with Crippen LogP contribution in [0.3, 0.4) is 0 Å². The lowest BCUT2D eigenvalue weighted by Crippen LogP contribution is -2.13. The lowest BCUT2D eigenvalue weighted by atomic mass is 10.0. The Bertz CT molecular complexity index is 333. The maximum atomic E-state index is 5.64. The molecule has 4 heteroatoms. The van der Waals surface area contributed by atoms with E-state index >= 15 is 0 Å². The molecule has 1 aromatic rings. The molecule has 0 aliphatic rings. The number of nitrogens with two attached hydrogens (primary N) is 1. The molecule has 0 radical (unpaired) electrons. The molecule has 3 nitrogen and oxygen atoms in total. The second-order valence-electron chi connectivity index (χ2n) is 4.26. The first-order valence-corrected chi connectivity index (χ1v) is 6.87. The van der Waals surface area contributed by atoms with Crippen molar-refractivity contribution < 1.29 is 0 Å². The number of halogens is 1. The van der Waals surface area contributed by atoms with Gasteiger partial charge in [0.1, 0.15) is 0 Å². The van der Waals surface area contributed by atoms with Gasteiger partial charge in [0, 0.05) is 6.54 Å². The third-order valence-corrected chi connectivity index (χ3v) is 3.89. The molecule has 1 heterocycles. The predicted octanol–water partition coefficient (Wildman–Crippen LogP) is 2.76. The highest BCUT2D eigenvalue weighted by Gasteiger charge is 2.14. The van der Waals surface area contributed by atoms with E-state index in [1.54, 1.807) is 0 Å². The van der Waals surface area contributed by atoms with E-state index in [2.05, 4.69) is 46.5 Å². The Labute approximate surface area is 107 Å². The highest BCUT2D eigenvalue weighted by molar-refractivity contribution is 9.10. The number of nitrogens with zero attached hydrogens (tertiary/aromatic N) is 2. The molecule has 1 unspecified atom stereocenters. The normalized spacial score (nSPS) is 13.1. The fourth-order valence-electron chi connectivity index (χ4n) is 1.76. The quantitative estimate of drug-likeness (QED) is 0.874. The molecule has 0 aromatic carbocycles. The molecule has 16 heavy (non-hydrogen) atoms. The van der Waals surface area contributed by atoms with E-state index in [1.807, 2.05) is 0 Å². The van der Waals surface area contributed by atoms with Crippen LogP contribution in [0.15, 0.2) is 4.47 Å².